The average Bonchev–Trinajstić information content (AvgIpc) is 4.12. The van der Waals surface area contributed by atoms with Crippen LogP contribution in [0.4, 0.5) is 31.5 Å². The number of rotatable bonds is 13. The Hall–Kier alpha value is -6.51. The zero-order chi connectivity index (χ0) is 45.6. The number of nitrogens with one attached hydrogen (secondary N) is 2. The number of aliphatic imine (C=N–C) groups is 1. The number of alkyl carbamates (subject to hydrolysis) is 2. The molecular formula is C42H41ClF5N11O5. The van der Waals surface area contributed by atoms with Crippen molar-refractivity contribution >= 4 is 35.7 Å². The van der Waals surface area contributed by atoms with Crippen LogP contribution in [0.3, 0.4) is 0 Å². The zero-order valence-electron chi connectivity index (χ0n) is 34.5. The van der Waals surface area contributed by atoms with Crippen molar-refractivity contribution in [2.24, 2.45) is 10.4 Å². The topological polar surface area (TPSA) is 184 Å². The minimum absolute atomic E-state index is 0.0276. The third kappa shape index (κ3) is 9.11. The largest absolute Gasteiger partial charge is 0.447 e. The Kier molecular flexibility index (Phi) is 11.6. The number of nitrogens with zero attached hydrogens (tertiary/aromatic N) is 9. The maximum atomic E-state index is 15.6. The molecule has 16 nitrogen and oxygen atoms in total. The van der Waals surface area contributed by atoms with Crippen LogP contribution in [0.5, 0.6) is 0 Å². The summed E-state index contributed by atoms with van der Waals surface area (Å²) < 4.78 is 81.8. The van der Waals surface area contributed by atoms with E-state index in [1.165, 1.54) is 18.2 Å². The van der Waals surface area contributed by atoms with Crippen LogP contribution >= 0.6 is 11.6 Å². The molecule has 0 unspecified atom stereocenters. The van der Waals surface area contributed by atoms with Gasteiger partial charge in [0.25, 0.3) is 12.3 Å². The SMILES string of the molecule is CC(C)(C)C[C@]1(c2ccc(-c3nnn(C4CC4)n3)cc2)N=C(NC(=O)OCc2ccccc2)N([C@H](COC(=O)NC2(C(F)(F)F)CC2)c2ccc(Cl)c(-n3ncnc3C(F)F)c2)C1=O. The van der Waals surface area contributed by atoms with Gasteiger partial charge in [-0.25, -0.2) is 33.0 Å². The monoisotopic (exact) mass is 909 g/mol. The molecule has 0 radical (unpaired) electrons. The fourth-order valence-electron chi connectivity index (χ4n) is 7.47. The number of amides is 3. The molecule has 2 N–H and O–H groups in total. The first-order valence-electron chi connectivity index (χ1n) is 20.2. The number of hydrogen-bond donors (Lipinski definition) is 2. The summed E-state index contributed by atoms with van der Waals surface area (Å²) in [6.45, 7) is 4.61. The smallest absolute Gasteiger partial charge is 0.414 e. The standard InChI is InChI=1S/C42H41ClF5N11O5/c1-39(2,3)22-41(27-12-9-25(10-13-27)33-54-56-59(55-33)28-14-15-28)35(60)57(36(52-41)51-37(61)63-20-24-7-5-4-6-8-24)31(21-64-38(62)53-40(17-18-40)42(46,47)48)26-11-16-29(43)30(19-26)58-34(32(44)45)49-23-50-58/h4-13,16,19,23,28,31-32H,14-15,17-18,20-22H2,1-3H3,(H,53,62)(H,51,52,61)/t31-,41-/m1/s1. The van der Waals surface area contributed by atoms with Crippen molar-refractivity contribution in [3.8, 4) is 17.1 Å². The number of carbonyl (C=O) groups is 3. The Balaban J connectivity index is 1.22. The lowest BCUT2D eigenvalue weighted by molar-refractivity contribution is -0.164. The van der Waals surface area contributed by atoms with E-state index >= 15 is 4.79 Å². The summed E-state index contributed by atoms with van der Waals surface area (Å²) in [6, 6.07) is 18.1. The highest BCUT2D eigenvalue weighted by atomic mass is 35.5. The lowest BCUT2D eigenvalue weighted by Crippen LogP contribution is -2.51. The fourth-order valence-corrected chi connectivity index (χ4v) is 7.67. The van der Waals surface area contributed by atoms with Gasteiger partial charge in [-0.3, -0.25) is 15.0 Å². The normalized spacial score (nSPS) is 18.8. The Morgan fingerprint density at radius 3 is 2.33 bits per heavy atom. The average molecular weight is 910 g/mol. The van der Waals surface area contributed by atoms with Gasteiger partial charge < -0.3 is 14.8 Å². The predicted octanol–water partition coefficient (Wildman–Crippen LogP) is 8.17. The van der Waals surface area contributed by atoms with Crippen molar-refractivity contribution in [1.29, 1.82) is 0 Å². The number of tetrazole rings is 1. The van der Waals surface area contributed by atoms with Gasteiger partial charge in [-0.05, 0) is 71.6 Å². The van der Waals surface area contributed by atoms with Gasteiger partial charge in [0.1, 0.15) is 25.1 Å². The van der Waals surface area contributed by atoms with Crippen LogP contribution in [-0.4, -0.2) is 82.2 Å². The molecule has 3 aliphatic rings. The van der Waals surface area contributed by atoms with Crippen molar-refractivity contribution in [1.82, 2.24) is 50.5 Å². The van der Waals surface area contributed by atoms with Crippen LogP contribution in [0, 0.1) is 5.41 Å². The van der Waals surface area contributed by atoms with Gasteiger partial charge in [0.15, 0.2) is 11.4 Å². The predicted molar refractivity (Wildman–Crippen MR) is 218 cm³/mol. The van der Waals surface area contributed by atoms with Crippen molar-refractivity contribution in [3.05, 3.63) is 107 Å². The third-order valence-corrected chi connectivity index (χ3v) is 11.2. The van der Waals surface area contributed by atoms with E-state index in [1.807, 2.05) is 26.1 Å². The summed E-state index contributed by atoms with van der Waals surface area (Å²) in [6.07, 6.45) is -8.31. The lowest BCUT2D eigenvalue weighted by atomic mass is 9.75. The summed E-state index contributed by atoms with van der Waals surface area (Å²) >= 11 is 6.54. The summed E-state index contributed by atoms with van der Waals surface area (Å²) in [7, 11) is 0. The number of hydrogen-bond acceptors (Lipinski definition) is 11. The van der Waals surface area contributed by atoms with Crippen molar-refractivity contribution in [2.45, 2.75) is 95.2 Å². The highest BCUT2D eigenvalue weighted by Gasteiger charge is 2.65. The van der Waals surface area contributed by atoms with Gasteiger partial charge in [0, 0.05) is 5.56 Å². The molecule has 0 bridgehead atoms. The van der Waals surface area contributed by atoms with Gasteiger partial charge in [0.2, 0.25) is 11.8 Å². The highest BCUT2D eigenvalue weighted by molar-refractivity contribution is 6.32. The Bertz CT molecular complexity index is 2570. The summed E-state index contributed by atoms with van der Waals surface area (Å²) in [5.74, 6) is -1.54. The van der Waals surface area contributed by atoms with Crippen molar-refractivity contribution in [3.63, 3.8) is 0 Å². The van der Waals surface area contributed by atoms with E-state index in [1.54, 1.807) is 59.4 Å². The second-order valence-electron chi connectivity index (χ2n) is 17.0. The van der Waals surface area contributed by atoms with Gasteiger partial charge in [-0.15, -0.1) is 10.2 Å². The molecule has 1 aliphatic heterocycles. The van der Waals surface area contributed by atoms with E-state index in [4.69, 9.17) is 26.1 Å². The molecule has 3 heterocycles. The van der Waals surface area contributed by atoms with Crippen LogP contribution in [0.1, 0.15) is 93.9 Å². The van der Waals surface area contributed by atoms with Gasteiger partial charge in [-0.2, -0.15) is 23.1 Å². The second kappa shape index (κ2) is 16.9. The molecule has 2 aromatic heterocycles. The second-order valence-corrected chi connectivity index (χ2v) is 17.4. The first-order chi connectivity index (χ1) is 30.4. The lowest BCUT2D eigenvalue weighted by Gasteiger charge is -2.35. The molecule has 336 valence electrons. The van der Waals surface area contributed by atoms with Crippen LogP contribution in [-0.2, 0) is 26.4 Å². The van der Waals surface area contributed by atoms with E-state index in [2.05, 4.69) is 30.8 Å². The van der Waals surface area contributed by atoms with Gasteiger partial charge >= 0.3 is 18.4 Å². The third-order valence-electron chi connectivity index (χ3n) is 10.9. The molecule has 0 spiro atoms. The minimum Gasteiger partial charge on any atom is -0.447 e. The molecule has 2 atom stereocenters. The molecule has 2 fully saturated rings. The maximum Gasteiger partial charge on any atom is 0.414 e. The van der Waals surface area contributed by atoms with Gasteiger partial charge in [0.05, 0.1) is 22.8 Å². The van der Waals surface area contributed by atoms with E-state index < -0.39 is 65.7 Å². The summed E-state index contributed by atoms with van der Waals surface area (Å²) in [4.78, 5) is 53.7. The molecule has 3 amide bonds. The van der Waals surface area contributed by atoms with Crippen LogP contribution < -0.4 is 10.6 Å². The first-order valence-corrected chi connectivity index (χ1v) is 20.6. The van der Waals surface area contributed by atoms with E-state index in [0.29, 0.717) is 22.5 Å². The molecule has 5 aromatic rings. The first kappa shape index (κ1) is 44.1. The minimum atomic E-state index is -4.78. The number of aromatic nitrogens is 7. The molecular weight excluding hydrogens is 869 g/mol. The maximum absolute atomic E-state index is 15.6. The molecule has 3 aromatic carbocycles. The number of guanidine groups is 1. The Morgan fingerprint density at radius 2 is 1.69 bits per heavy atom. The number of carbonyl (C=O) groups excluding carboxylic acids is 3. The number of ether oxygens (including phenoxy) is 2. The van der Waals surface area contributed by atoms with E-state index in [-0.39, 0.29) is 54.1 Å². The van der Waals surface area contributed by atoms with Gasteiger partial charge in [-0.1, -0.05) is 93.0 Å². The fraction of sp³-hybridized carbons (Fsp3) is 0.405. The molecule has 64 heavy (non-hydrogen) atoms. The highest BCUT2D eigenvalue weighted by Crippen LogP contribution is 2.49. The Morgan fingerprint density at radius 1 is 0.969 bits per heavy atom. The van der Waals surface area contributed by atoms with Crippen molar-refractivity contribution < 1.29 is 45.8 Å². The molecule has 2 aliphatic carbocycles. The molecule has 22 heteroatoms. The quantitative estimate of drug-likeness (QED) is 0.109. The van der Waals surface area contributed by atoms with Crippen LogP contribution in [0.2, 0.25) is 5.02 Å². The van der Waals surface area contributed by atoms with E-state index in [9.17, 15) is 31.5 Å². The van der Waals surface area contributed by atoms with Crippen LogP contribution in [0.25, 0.3) is 17.1 Å². The molecule has 2 saturated carbocycles. The van der Waals surface area contributed by atoms with Crippen molar-refractivity contribution in [2.75, 3.05) is 6.61 Å². The molecule has 0 saturated heterocycles. The number of benzene rings is 3. The molecule has 8 rings (SSSR count). The Labute approximate surface area is 367 Å². The van der Waals surface area contributed by atoms with Crippen LogP contribution in [0.15, 0.2) is 84.1 Å². The number of alkyl halides is 5. The van der Waals surface area contributed by atoms with E-state index in [0.717, 1.165) is 28.8 Å². The summed E-state index contributed by atoms with van der Waals surface area (Å²) in [5.41, 5.74) is -3.42. The number of halogens is 6. The summed E-state index contributed by atoms with van der Waals surface area (Å²) in [5, 5.41) is 21.2. The zero-order valence-corrected chi connectivity index (χ0v) is 35.3.